The van der Waals surface area contributed by atoms with Crippen molar-refractivity contribution >= 4 is 34.0 Å². The number of ether oxygens (including phenoxy) is 1. The summed E-state index contributed by atoms with van der Waals surface area (Å²) in [5.41, 5.74) is 2.70. The van der Waals surface area contributed by atoms with Crippen LogP contribution in [0.3, 0.4) is 0 Å². The van der Waals surface area contributed by atoms with Gasteiger partial charge in [0.1, 0.15) is 16.8 Å². The molecule has 0 saturated heterocycles. The van der Waals surface area contributed by atoms with Gasteiger partial charge in [-0.1, -0.05) is 30.0 Å². The Morgan fingerprint density at radius 2 is 2.23 bits per heavy atom. The normalized spacial score (nSPS) is 11.5. The Bertz CT molecular complexity index is 1130. The highest BCUT2D eigenvalue weighted by Gasteiger charge is 2.20. The Morgan fingerprint density at radius 3 is 2.97 bits per heavy atom. The fourth-order valence-electron chi connectivity index (χ4n) is 2.89. The van der Waals surface area contributed by atoms with Crippen molar-refractivity contribution in [2.75, 3.05) is 11.1 Å². The average molecular weight is 454 g/mol. The average Bonchev–Trinajstić information content (AvgIpc) is 3.36. The Balaban J connectivity index is 1.71. The standard InChI is InChI=1S/C22H23N5O2S2/c1-5-10-27-20(16(4)29-18-8-6-7-14(2)15(18)3)25-26-22(27)31-13-19(28)24-21-17(12-23)9-11-30-21/h5-9,11,16H,1,10,13H2,2-4H3,(H,24,28). The van der Waals surface area contributed by atoms with Gasteiger partial charge in [-0.2, -0.15) is 5.26 Å². The first-order valence-electron chi connectivity index (χ1n) is 9.61. The molecular weight excluding hydrogens is 430 g/mol. The number of hydrogen-bond acceptors (Lipinski definition) is 7. The van der Waals surface area contributed by atoms with Gasteiger partial charge in [0.15, 0.2) is 17.1 Å². The number of thiophene rings is 1. The topological polar surface area (TPSA) is 92.8 Å². The maximum absolute atomic E-state index is 12.3. The summed E-state index contributed by atoms with van der Waals surface area (Å²) in [6.45, 7) is 10.3. The zero-order chi connectivity index (χ0) is 22.4. The van der Waals surface area contributed by atoms with Gasteiger partial charge in [0.05, 0.1) is 11.3 Å². The van der Waals surface area contributed by atoms with Crippen LogP contribution in [0.4, 0.5) is 5.00 Å². The van der Waals surface area contributed by atoms with Gasteiger partial charge in [0, 0.05) is 6.54 Å². The number of rotatable bonds is 9. The highest BCUT2D eigenvalue weighted by molar-refractivity contribution is 7.99. The number of aromatic nitrogens is 3. The van der Waals surface area contributed by atoms with Crippen LogP contribution < -0.4 is 10.1 Å². The van der Waals surface area contributed by atoms with Crippen LogP contribution in [0.1, 0.15) is 35.5 Å². The molecule has 2 heterocycles. The highest BCUT2D eigenvalue weighted by atomic mass is 32.2. The molecule has 1 N–H and O–H groups in total. The van der Waals surface area contributed by atoms with Crippen LogP contribution in [0.15, 0.2) is 47.5 Å². The van der Waals surface area contributed by atoms with E-state index in [9.17, 15) is 4.79 Å². The van der Waals surface area contributed by atoms with Crippen molar-refractivity contribution in [3.8, 4) is 11.8 Å². The van der Waals surface area contributed by atoms with E-state index in [0.29, 0.717) is 28.1 Å². The largest absolute Gasteiger partial charge is 0.482 e. The van der Waals surface area contributed by atoms with E-state index in [4.69, 9.17) is 10.00 Å². The molecule has 3 aromatic rings. The van der Waals surface area contributed by atoms with Crippen LogP contribution in [0.2, 0.25) is 0 Å². The molecule has 0 aliphatic carbocycles. The third kappa shape index (κ3) is 5.34. The van der Waals surface area contributed by atoms with Gasteiger partial charge >= 0.3 is 0 Å². The summed E-state index contributed by atoms with van der Waals surface area (Å²) in [4.78, 5) is 12.3. The van der Waals surface area contributed by atoms with E-state index in [-0.39, 0.29) is 17.8 Å². The molecule has 0 aliphatic heterocycles. The molecule has 0 radical (unpaired) electrons. The summed E-state index contributed by atoms with van der Waals surface area (Å²) < 4.78 is 8.05. The second kappa shape index (κ2) is 10.3. The lowest BCUT2D eigenvalue weighted by Gasteiger charge is -2.18. The molecule has 7 nitrogen and oxygen atoms in total. The molecule has 31 heavy (non-hydrogen) atoms. The number of carbonyl (C=O) groups is 1. The monoisotopic (exact) mass is 453 g/mol. The summed E-state index contributed by atoms with van der Waals surface area (Å²) in [6.07, 6.45) is 1.42. The lowest BCUT2D eigenvalue weighted by Crippen LogP contribution is -2.15. The Morgan fingerprint density at radius 1 is 1.42 bits per heavy atom. The zero-order valence-electron chi connectivity index (χ0n) is 17.6. The molecule has 0 fully saturated rings. The van der Waals surface area contributed by atoms with Crippen LogP contribution in [0.5, 0.6) is 5.75 Å². The van der Waals surface area contributed by atoms with Crippen LogP contribution in [0.25, 0.3) is 0 Å². The maximum atomic E-state index is 12.3. The van der Waals surface area contributed by atoms with E-state index < -0.39 is 0 Å². The van der Waals surface area contributed by atoms with Crippen molar-refractivity contribution in [3.63, 3.8) is 0 Å². The molecule has 1 unspecified atom stereocenters. The van der Waals surface area contributed by atoms with E-state index >= 15 is 0 Å². The molecule has 160 valence electrons. The number of amides is 1. The molecule has 1 amide bonds. The molecule has 1 aromatic carbocycles. The zero-order valence-corrected chi connectivity index (χ0v) is 19.2. The van der Waals surface area contributed by atoms with Gasteiger partial charge in [-0.25, -0.2) is 0 Å². The smallest absolute Gasteiger partial charge is 0.235 e. The molecule has 1 atom stereocenters. The number of nitrogens with zero attached hydrogens (tertiary/aromatic N) is 4. The van der Waals surface area contributed by atoms with Crippen molar-refractivity contribution in [3.05, 3.63) is 64.8 Å². The van der Waals surface area contributed by atoms with Crippen molar-refractivity contribution in [2.24, 2.45) is 0 Å². The fourth-order valence-corrected chi connectivity index (χ4v) is 4.40. The van der Waals surface area contributed by atoms with Crippen LogP contribution >= 0.6 is 23.1 Å². The van der Waals surface area contributed by atoms with Crippen molar-refractivity contribution < 1.29 is 9.53 Å². The van der Waals surface area contributed by atoms with Gasteiger partial charge in [-0.3, -0.25) is 9.36 Å². The lowest BCUT2D eigenvalue weighted by molar-refractivity contribution is -0.113. The van der Waals surface area contributed by atoms with Crippen LogP contribution in [0, 0.1) is 25.2 Å². The number of hydrogen-bond donors (Lipinski definition) is 1. The minimum atomic E-state index is -0.333. The van der Waals surface area contributed by atoms with E-state index in [1.54, 1.807) is 17.5 Å². The number of thioether (sulfide) groups is 1. The first-order valence-corrected chi connectivity index (χ1v) is 11.5. The summed E-state index contributed by atoms with van der Waals surface area (Å²) in [7, 11) is 0. The number of carbonyl (C=O) groups excluding carboxylic acids is 1. The van der Waals surface area contributed by atoms with Crippen molar-refractivity contribution in [1.29, 1.82) is 5.26 Å². The molecule has 0 saturated carbocycles. The molecule has 0 aliphatic rings. The lowest BCUT2D eigenvalue weighted by atomic mass is 10.1. The van der Waals surface area contributed by atoms with E-state index in [0.717, 1.165) is 16.9 Å². The summed E-state index contributed by atoms with van der Waals surface area (Å²) in [5, 5.41) is 23.3. The van der Waals surface area contributed by atoms with Gasteiger partial charge in [-0.15, -0.1) is 28.1 Å². The van der Waals surface area contributed by atoms with Gasteiger partial charge in [-0.05, 0) is 49.4 Å². The van der Waals surface area contributed by atoms with Gasteiger partial charge < -0.3 is 10.1 Å². The summed E-state index contributed by atoms with van der Waals surface area (Å²) in [6, 6.07) is 9.68. The number of allylic oxidation sites excluding steroid dienone is 1. The Hall–Kier alpha value is -3.09. The summed E-state index contributed by atoms with van der Waals surface area (Å²) in [5.74, 6) is 1.40. The van der Waals surface area contributed by atoms with E-state index in [1.165, 1.54) is 23.1 Å². The van der Waals surface area contributed by atoms with E-state index in [2.05, 4.69) is 28.2 Å². The minimum Gasteiger partial charge on any atom is -0.482 e. The third-order valence-electron chi connectivity index (χ3n) is 4.65. The molecular formula is C22H23N5O2S2. The number of aryl methyl sites for hydroxylation is 1. The predicted molar refractivity (Wildman–Crippen MR) is 124 cm³/mol. The van der Waals surface area contributed by atoms with E-state index in [1.807, 2.05) is 43.5 Å². The predicted octanol–water partition coefficient (Wildman–Crippen LogP) is 4.88. The Kier molecular flexibility index (Phi) is 7.50. The molecule has 2 aromatic heterocycles. The van der Waals surface area contributed by atoms with Gasteiger partial charge in [0.2, 0.25) is 5.91 Å². The fraction of sp³-hybridized carbons (Fsp3) is 0.273. The second-order valence-electron chi connectivity index (χ2n) is 6.81. The Labute approximate surface area is 189 Å². The first-order chi connectivity index (χ1) is 14.9. The highest BCUT2D eigenvalue weighted by Crippen LogP contribution is 2.28. The minimum absolute atomic E-state index is 0.143. The quantitative estimate of drug-likeness (QED) is 0.366. The number of nitriles is 1. The molecule has 9 heteroatoms. The maximum Gasteiger partial charge on any atom is 0.235 e. The van der Waals surface area contributed by atoms with Crippen molar-refractivity contribution in [2.45, 2.75) is 38.6 Å². The number of benzene rings is 1. The second-order valence-corrected chi connectivity index (χ2v) is 8.67. The SMILES string of the molecule is C=CCn1c(SCC(=O)Nc2sccc2C#N)nnc1C(C)Oc1cccc(C)c1C. The molecule has 0 bridgehead atoms. The first kappa shape index (κ1) is 22.6. The number of nitrogens with one attached hydrogen (secondary N) is 1. The molecule has 3 rings (SSSR count). The number of anilines is 1. The van der Waals surface area contributed by atoms with Crippen molar-refractivity contribution in [1.82, 2.24) is 14.8 Å². The van der Waals surface area contributed by atoms with Gasteiger partial charge in [0.25, 0.3) is 0 Å². The van der Waals surface area contributed by atoms with Crippen LogP contribution in [-0.4, -0.2) is 26.4 Å². The van der Waals surface area contributed by atoms with Crippen LogP contribution in [-0.2, 0) is 11.3 Å². The third-order valence-corrected chi connectivity index (χ3v) is 6.45. The molecule has 0 spiro atoms. The summed E-state index contributed by atoms with van der Waals surface area (Å²) >= 11 is 2.60.